The molecule has 0 spiro atoms. The van der Waals surface area contributed by atoms with Crippen LogP contribution in [0.5, 0.6) is 0 Å². The molecule has 1 unspecified atom stereocenters. The third-order valence-electron chi connectivity index (χ3n) is 3.81. The van der Waals surface area contributed by atoms with Crippen LogP contribution in [0.3, 0.4) is 0 Å². The fourth-order valence-electron chi connectivity index (χ4n) is 2.58. The van der Waals surface area contributed by atoms with E-state index >= 15 is 0 Å². The molecule has 0 radical (unpaired) electrons. The lowest BCUT2D eigenvalue weighted by Crippen LogP contribution is -2.17. The van der Waals surface area contributed by atoms with Crippen LogP contribution in [0.1, 0.15) is 50.7 Å². The van der Waals surface area contributed by atoms with Gasteiger partial charge in [0.1, 0.15) is 0 Å². The summed E-state index contributed by atoms with van der Waals surface area (Å²) in [5.41, 5.74) is 3.38. The van der Waals surface area contributed by atoms with Crippen LogP contribution in [0.15, 0.2) is 18.5 Å². The van der Waals surface area contributed by atoms with Crippen molar-refractivity contribution in [3.05, 3.63) is 40.4 Å². The first-order valence-electron chi connectivity index (χ1n) is 7.73. The third-order valence-corrected chi connectivity index (χ3v) is 4.25. The number of hydrogen-bond acceptors (Lipinski definition) is 2. The summed E-state index contributed by atoms with van der Waals surface area (Å²) >= 11 is 6.47. The molecule has 0 amide bonds. The molecule has 2 aromatic heterocycles. The summed E-state index contributed by atoms with van der Waals surface area (Å²) in [7, 11) is 0. The predicted molar refractivity (Wildman–Crippen MR) is 87.9 cm³/mol. The van der Waals surface area contributed by atoms with E-state index in [-0.39, 0.29) is 0 Å². The highest BCUT2D eigenvalue weighted by Crippen LogP contribution is 2.23. The molecule has 0 aliphatic heterocycles. The molecule has 116 valence electrons. The van der Waals surface area contributed by atoms with E-state index in [1.54, 1.807) is 0 Å². The highest BCUT2D eigenvalue weighted by Gasteiger charge is 2.15. The van der Waals surface area contributed by atoms with E-state index in [4.69, 9.17) is 11.6 Å². The van der Waals surface area contributed by atoms with Gasteiger partial charge in [0, 0.05) is 25.0 Å². The molecule has 5 heteroatoms. The lowest BCUT2D eigenvalue weighted by Gasteiger charge is -2.10. The molecule has 0 aromatic carbocycles. The van der Waals surface area contributed by atoms with Gasteiger partial charge in [-0.2, -0.15) is 5.10 Å². The molecular formula is C16H25ClN4. The summed E-state index contributed by atoms with van der Waals surface area (Å²) in [6.45, 7) is 11.1. The van der Waals surface area contributed by atoms with E-state index in [1.807, 2.05) is 4.68 Å². The fraction of sp³-hybridized carbons (Fsp3) is 0.562. The monoisotopic (exact) mass is 308 g/mol. The highest BCUT2D eigenvalue weighted by molar-refractivity contribution is 6.31. The van der Waals surface area contributed by atoms with Crippen molar-refractivity contribution < 1.29 is 0 Å². The number of nitrogens with zero attached hydrogens (tertiary/aromatic N) is 3. The van der Waals surface area contributed by atoms with Crippen molar-refractivity contribution >= 4 is 11.6 Å². The molecule has 21 heavy (non-hydrogen) atoms. The van der Waals surface area contributed by atoms with Crippen molar-refractivity contribution in [3.8, 4) is 0 Å². The molecule has 4 nitrogen and oxygen atoms in total. The summed E-state index contributed by atoms with van der Waals surface area (Å²) in [6.07, 6.45) is 5.16. The van der Waals surface area contributed by atoms with Gasteiger partial charge >= 0.3 is 0 Å². The Hall–Kier alpha value is -1.26. The van der Waals surface area contributed by atoms with Crippen molar-refractivity contribution in [3.63, 3.8) is 0 Å². The smallest absolute Gasteiger partial charge is 0.0868 e. The number of aromatic nitrogens is 3. The molecule has 2 aromatic rings. The molecule has 2 rings (SSSR count). The van der Waals surface area contributed by atoms with Crippen LogP contribution >= 0.6 is 11.6 Å². The van der Waals surface area contributed by atoms with Crippen molar-refractivity contribution in [2.45, 2.75) is 53.2 Å². The van der Waals surface area contributed by atoms with E-state index in [0.29, 0.717) is 6.04 Å². The second-order valence-corrected chi connectivity index (χ2v) is 5.65. The zero-order valence-electron chi connectivity index (χ0n) is 13.4. The molecule has 0 saturated carbocycles. The molecule has 1 N–H and O–H groups in total. The average molecular weight is 309 g/mol. The van der Waals surface area contributed by atoms with Gasteiger partial charge < -0.3 is 9.88 Å². The van der Waals surface area contributed by atoms with Gasteiger partial charge in [0.25, 0.3) is 0 Å². The average Bonchev–Trinajstić information content (AvgIpc) is 3.06. The Labute approximate surface area is 132 Å². The van der Waals surface area contributed by atoms with Crippen LogP contribution in [-0.2, 0) is 19.5 Å². The van der Waals surface area contributed by atoms with Gasteiger partial charge in [-0.1, -0.05) is 25.4 Å². The predicted octanol–water partition coefficient (Wildman–Crippen LogP) is 3.64. The molecule has 0 fully saturated rings. The zero-order chi connectivity index (χ0) is 15.4. The van der Waals surface area contributed by atoms with Crippen molar-refractivity contribution in [2.24, 2.45) is 0 Å². The second-order valence-electron chi connectivity index (χ2n) is 5.27. The minimum Gasteiger partial charge on any atom is -0.348 e. The van der Waals surface area contributed by atoms with Crippen molar-refractivity contribution in [1.82, 2.24) is 19.7 Å². The summed E-state index contributed by atoms with van der Waals surface area (Å²) in [6, 6.07) is 2.53. The molecule has 0 bridgehead atoms. The number of hydrogen-bond donors (Lipinski definition) is 1. The maximum absolute atomic E-state index is 6.47. The maximum Gasteiger partial charge on any atom is 0.0868 e. The van der Waals surface area contributed by atoms with Crippen LogP contribution in [0.25, 0.3) is 0 Å². The highest BCUT2D eigenvalue weighted by atomic mass is 35.5. The Morgan fingerprint density at radius 1 is 1.33 bits per heavy atom. The Morgan fingerprint density at radius 2 is 2.10 bits per heavy atom. The summed E-state index contributed by atoms with van der Waals surface area (Å²) < 4.78 is 4.19. The second kappa shape index (κ2) is 7.14. The number of aryl methyl sites for hydroxylation is 2. The fourth-order valence-corrected chi connectivity index (χ4v) is 2.91. The molecule has 0 saturated heterocycles. The maximum atomic E-state index is 6.47. The standard InChI is InChI=1S/C16H25ClN4/c1-5-14-16(17)15(21(7-3)19-14)11-20-9-8-13(10-20)12(4)18-6-2/h8-10,12,18H,5-7,11H2,1-4H3. The minimum absolute atomic E-state index is 0.369. The summed E-state index contributed by atoms with van der Waals surface area (Å²) in [4.78, 5) is 0. The number of rotatable bonds is 7. The SMILES string of the molecule is CCNC(C)c1ccn(Cc2c(Cl)c(CC)nn2CC)c1. The van der Waals surface area contributed by atoms with Crippen molar-refractivity contribution in [1.29, 1.82) is 0 Å². The molecule has 0 aliphatic carbocycles. The van der Waals surface area contributed by atoms with Gasteiger partial charge in [0.05, 0.1) is 23.0 Å². The van der Waals surface area contributed by atoms with Gasteiger partial charge in [-0.3, -0.25) is 4.68 Å². The number of halogens is 1. The van der Waals surface area contributed by atoms with Crippen LogP contribution < -0.4 is 5.32 Å². The lowest BCUT2D eigenvalue weighted by molar-refractivity contribution is 0.586. The molecule has 1 atom stereocenters. The Morgan fingerprint density at radius 3 is 2.71 bits per heavy atom. The first-order valence-corrected chi connectivity index (χ1v) is 8.11. The van der Waals surface area contributed by atoms with Gasteiger partial charge in [-0.15, -0.1) is 0 Å². The van der Waals surface area contributed by atoms with Crippen molar-refractivity contribution in [2.75, 3.05) is 6.54 Å². The van der Waals surface area contributed by atoms with Gasteiger partial charge in [0.2, 0.25) is 0 Å². The van der Waals surface area contributed by atoms with E-state index in [2.05, 4.69) is 61.1 Å². The summed E-state index contributed by atoms with van der Waals surface area (Å²) in [5.74, 6) is 0. The third kappa shape index (κ3) is 3.50. The zero-order valence-corrected chi connectivity index (χ0v) is 14.1. The Kier molecular flexibility index (Phi) is 5.48. The molecular weight excluding hydrogens is 284 g/mol. The van der Waals surface area contributed by atoms with Crippen LogP contribution in [0.2, 0.25) is 5.02 Å². The topological polar surface area (TPSA) is 34.8 Å². The van der Waals surface area contributed by atoms with Crippen LogP contribution in [0, 0.1) is 0 Å². The van der Waals surface area contributed by atoms with Crippen LogP contribution in [-0.4, -0.2) is 20.9 Å². The van der Waals surface area contributed by atoms with Gasteiger partial charge in [-0.25, -0.2) is 0 Å². The molecule has 0 aliphatic rings. The van der Waals surface area contributed by atoms with Gasteiger partial charge in [-0.05, 0) is 38.4 Å². The normalized spacial score (nSPS) is 12.8. The van der Waals surface area contributed by atoms with E-state index in [1.165, 1.54) is 5.56 Å². The molecule has 2 heterocycles. The van der Waals surface area contributed by atoms with Crippen LogP contribution in [0.4, 0.5) is 0 Å². The summed E-state index contributed by atoms with van der Waals surface area (Å²) in [5, 5.41) is 8.82. The first kappa shape index (κ1) is 16.1. The van der Waals surface area contributed by atoms with E-state index in [0.717, 1.165) is 42.5 Å². The largest absolute Gasteiger partial charge is 0.348 e. The van der Waals surface area contributed by atoms with E-state index < -0.39 is 0 Å². The minimum atomic E-state index is 0.369. The van der Waals surface area contributed by atoms with Gasteiger partial charge in [0.15, 0.2) is 0 Å². The first-order chi connectivity index (χ1) is 10.1. The lowest BCUT2D eigenvalue weighted by atomic mass is 10.2. The van der Waals surface area contributed by atoms with E-state index in [9.17, 15) is 0 Å². The Balaban J connectivity index is 2.20. The Bertz CT molecular complexity index is 585. The quantitative estimate of drug-likeness (QED) is 0.847. The number of nitrogens with one attached hydrogen (secondary N) is 1.